The van der Waals surface area contributed by atoms with Crippen molar-refractivity contribution >= 4 is 29.2 Å². The molecule has 1 aromatic heterocycles. The van der Waals surface area contributed by atoms with Gasteiger partial charge in [0.2, 0.25) is 5.95 Å². The van der Waals surface area contributed by atoms with E-state index >= 15 is 0 Å². The van der Waals surface area contributed by atoms with E-state index in [2.05, 4.69) is 9.97 Å². The van der Waals surface area contributed by atoms with Gasteiger partial charge in [-0.05, 0) is 42.0 Å². The molecule has 0 unspecified atom stereocenters. The number of nitrogen functional groups attached to an aromatic ring is 1. The predicted molar refractivity (Wildman–Crippen MR) is 120 cm³/mol. The lowest BCUT2D eigenvalue weighted by molar-refractivity contribution is 0.304. The van der Waals surface area contributed by atoms with E-state index in [9.17, 15) is 9.50 Å². The number of hydrogen-bond donors (Lipinski definition) is 2. The summed E-state index contributed by atoms with van der Waals surface area (Å²) in [5.41, 5.74) is 8.87. The van der Waals surface area contributed by atoms with Gasteiger partial charge in [0.25, 0.3) is 0 Å². The number of halogens is 3. The fourth-order valence-corrected chi connectivity index (χ4v) is 3.39. The third kappa shape index (κ3) is 4.71. The second kappa shape index (κ2) is 8.79. The number of nitrogens with two attached hydrogens (primary N) is 1. The highest BCUT2D eigenvalue weighted by Crippen LogP contribution is 2.37. The molecule has 0 fully saturated rings. The molecule has 0 aliphatic rings. The third-order valence-electron chi connectivity index (χ3n) is 4.60. The first-order valence-corrected chi connectivity index (χ1v) is 9.95. The molecule has 0 bridgehead atoms. The molecule has 0 radical (unpaired) electrons. The van der Waals surface area contributed by atoms with Crippen molar-refractivity contribution in [2.24, 2.45) is 0 Å². The maximum absolute atomic E-state index is 13.2. The second-order valence-electron chi connectivity index (χ2n) is 6.70. The van der Waals surface area contributed by atoms with Gasteiger partial charge >= 0.3 is 0 Å². The quantitative estimate of drug-likeness (QED) is 0.378. The van der Waals surface area contributed by atoms with E-state index in [4.69, 9.17) is 33.7 Å². The van der Waals surface area contributed by atoms with Crippen LogP contribution in [0.1, 0.15) is 5.56 Å². The van der Waals surface area contributed by atoms with Gasteiger partial charge in [-0.3, -0.25) is 0 Å². The van der Waals surface area contributed by atoms with Gasteiger partial charge in [-0.1, -0.05) is 41.4 Å². The fraction of sp³-hybridized carbons (Fsp3) is 0.0435. The highest BCUT2D eigenvalue weighted by molar-refractivity contribution is 6.31. The molecule has 8 heteroatoms. The average molecular weight is 456 g/mol. The molecule has 0 saturated carbocycles. The van der Waals surface area contributed by atoms with Crippen LogP contribution in [0.15, 0.2) is 66.9 Å². The summed E-state index contributed by atoms with van der Waals surface area (Å²) in [5, 5.41) is 11.5. The van der Waals surface area contributed by atoms with E-state index in [-0.39, 0.29) is 23.3 Å². The number of phenols is 1. The smallest absolute Gasteiger partial charge is 0.220 e. The van der Waals surface area contributed by atoms with E-state index in [1.807, 2.05) is 12.1 Å². The molecule has 0 saturated heterocycles. The van der Waals surface area contributed by atoms with Crippen molar-refractivity contribution in [3.63, 3.8) is 0 Å². The van der Waals surface area contributed by atoms with Crippen LogP contribution in [0.3, 0.4) is 0 Å². The van der Waals surface area contributed by atoms with Crippen LogP contribution in [0.4, 0.5) is 10.3 Å². The summed E-state index contributed by atoms with van der Waals surface area (Å²) in [5.74, 6) is 0.0301. The minimum absolute atomic E-state index is 0.0454. The lowest BCUT2D eigenvalue weighted by Gasteiger charge is -2.13. The van der Waals surface area contributed by atoms with Crippen LogP contribution in [0, 0.1) is 5.82 Å². The number of nitrogens with zero attached hydrogens (tertiary/aromatic N) is 2. The Morgan fingerprint density at radius 1 is 0.968 bits per heavy atom. The van der Waals surface area contributed by atoms with Crippen LogP contribution in [0.2, 0.25) is 10.0 Å². The summed E-state index contributed by atoms with van der Waals surface area (Å²) in [6.45, 7) is 0.119. The van der Waals surface area contributed by atoms with Crippen LogP contribution in [-0.2, 0) is 6.61 Å². The van der Waals surface area contributed by atoms with Gasteiger partial charge in [-0.25, -0.2) is 14.4 Å². The fourth-order valence-electron chi connectivity index (χ4n) is 3.04. The van der Waals surface area contributed by atoms with Crippen molar-refractivity contribution in [2.45, 2.75) is 6.61 Å². The van der Waals surface area contributed by atoms with Crippen LogP contribution in [0.5, 0.6) is 11.5 Å². The van der Waals surface area contributed by atoms with Gasteiger partial charge in [0.1, 0.15) is 23.9 Å². The Morgan fingerprint density at radius 2 is 1.74 bits per heavy atom. The van der Waals surface area contributed by atoms with E-state index in [1.165, 1.54) is 18.2 Å². The summed E-state index contributed by atoms with van der Waals surface area (Å²) >= 11 is 12.0. The van der Waals surface area contributed by atoms with Crippen molar-refractivity contribution in [2.75, 3.05) is 5.73 Å². The maximum Gasteiger partial charge on any atom is 0.220 e. The summed E-state index contributed by atoms with van der Waals surface area (Å²) in [6, 6.07) is 16.1. The number of hydrogen-bond acceptors (Lipinski definition) is 5. The summed E-state index contributed by atoms with van der Waals surface area (Å²) in [7, 11) is 0. The van der Waals surface area contributed by atoms with Crippen LogP contribution in [0.25, 0.3) is 22.4 Å². The van der Waals surface area contributed by atoms with Crippen molar-refractivity contribution in [3.8, 4) is 33.9 Å². The first-order valence-electron chi connectivity index (χ1n) is 9.19. The Labute approximate surface area is 187 Å². The van der Waals surface area contributed by atoms with Crippen LogP contribution in [-0.4, -0.2) is 15.1 Å². The minimum atomic E-state index is -0.420. The van der Waals surface area contributed by atoms with Gasteiger partial charge < -0.3 is 15.6 Å². The number of benzene rings is 3. The molecule has 4 aromatic rings. The molecule has 4 rings (SSSR count). The molecule has 0 atom stereocenters. The number of aromatic hydroxyl groups is 1. The van der Waals surface area contributed by atoms with Gasteiger partial charge in [-0.15, -0.1) is 0 Å². The third-order valence-corrected chi connectivity index (χ3v) is 5.20. The highest BCUT2D eigenvalue weighted by Gasteiger charge is 2.15. The number of ether oxygens (including phenoxy) is 1. The largest absolute Gasteiger partial charge is 0.507 e. The monoisotopic (exact) mass is 455 g/mol. The molecule has 3 N–H and O–H groups in total. The average Bonchev–Trinajstić information content (AvgIpc) is 2.74. The molecule has 0 spiro atoms. The maximum atomic E-state index is 13.2. The predicted octanol–water partition coefficient (Wildman–Crippen LogP) is 6.12. The van der Waals surface area contributed by atoms with Crippen LogP contribution >= 0.6 is 23.2 Å². The zero-order valence-corrected chi connectivity index (χ0v) is 17.5. The first-order chi connectivity index (χ1) is 14.9. The second-order valence-corrected chi connectivity index (χ2v) is 7.54. The standard InChI is InChI=1S/C23H16Cl2FN3O2/c24-15-4-1-13(2-5-15)19-11-28-23(27)29-22(19)18-8-7-17(10-21(18)30)31-12-14-3-6-16(26)9-20(14)25/h1-11,30H,12H2,(H2,27,28,29). The Morgan fingerprint density at radius 3 is 2.45 bits per heavy atom. The zero-order chi connectivity index (χ0) is 22.0. The van der Waals surface area contributed by atoms with Crippen molar-refractivity contribution < 1.29 is 14.2 Å². The minimum Gasteiger partial charge on any atom is -0.507 e. The van der Waals surface area contributed by atoms with Crippen molar-refractivity contribution in [1.82, 2.24) is 9.97 Å². The number of phenolic OH excluding ortho intramolecular Hbond substituents is 1. The summed E-state index contributed by atoms with van der Waals surface area (Å²) in [4.78, 5) is 8.40. The van der Waals surface area contributed by atoms with Crippen molar-refractivity contribution in [3.05, 3.63) is 88.3 Å². The summed E-state index contributed by atoms with van der Waals surface area (Å²) in [6.07, 6.45) is 1.60. The number of anilines is 1. The molecule has 0 aliphatic carbocycles. The van der Waals surface area contributed by atoms with E-state index in [1.54, 1.807) is 36.5 Å². The Kier molecular flexibility index (Phi) is 5.93. The van der Waals surface area contributed by atoms with E-state index in [0.717, 1.165) is 5.56 Å². The Bertz CT molecular complexity index is 1250. The number of rotatable bonds is 5. The number of aromatic nitrogens is 2. The SMILES string of the molecule is Nc1ncc(-c2ccc(Cl)cc2)c(-c2ccc(OCc3ccc(F)cc3Cl)cc2O)n1. The molecule has 1 heterocycles. The van der Waals surface area contributed by atoms with Crippen LogP contribution < -0.4 is 10.5 Å². The van der Waals surface area contributed by atoms with Gasteiger partial charge in [0.15, 0.2) is 0 Å². The topological polar surface area (TPSA) is 81.3 Å². The lowest BCUT2D eigenvalue weighted by Crippen LogP contribution is -1.99. The normalized spacial score (nSPS) is 10.8. The molecule has 156 valence electrons. The molecule has 31 heavy (non-hydrogen) atoms. The van der Waals surface area contributed by atoms with Crippen molar-refractivity contribution in [1.29, 1.82) is 0 Å². The highest BCUT2D eigenvalue weighted by atomic mass is 35.5. The van der Waals surface area contributed by atoms with Gasteiger partial charge in [0, 0.05) is 34.0 Å². The molecule has 0 amide bonds. The molecule has 5 nitrogen and oxygen atoms in total. The Hall–Kier alpha value is -3.35. The summed E-state index contributed by atoms with van der Waals surface area (Å²) < 4.78 is 18.9. The van der Waals surface area contributed by atoms with Gasteiger partial charge in [-0.2, -0.15) is 0 Å². The van der Waals surface area contributed by atoms with E-state index < -0.39 is 5.82 Å². The molecular weight excluding hydrogens is 440 g/mol. The molecular formula is C23H16Cl2FN3O2. The van der Waals surface area contributed by atoms with E-state index in [0.29, 0.717) is 33.2 Å². The zero-order valence-electron chi connectivity index (χ0n) is 16.0. The van der Waals surface area contributed by atoms with Gasteiger partial charge in [0.05, 0.1) is 10.7 Å². The Balaban J connectivity index is 1.64. The molecule has 0 aliphatic heterocycles. The molecule has 3 aromatic carbocycles. The first kappa shape index (κ1) is 20.9. The lowest BCUT2D eigenvalue weighted by atomic mass is 10.00.